The first-order valence-electron chi connectivity index (χ1n) is 9.23. The van der Waals surface area contributed by atoms with E-state index in [2.05, 4.69) is 83.5 Å². The van der Waals surface area contributed by atoms with Crippen LogP contribution in [0.4, 0.5) is 16.5 Å². The zero-order valence-corrected chi connectivity index (χ0v) is 17.1. The molecule has 1 heterocycles. The summed E-state index contributed by atoms with van der Waals surface area (Å²) >= 11 is 1.55. The Morgan fingerprint density at radius 2 is 1.71 bits per heavy atom. The van der Waals surface area contributed by atoms with Gasteiger partial charge in [-0.3, -0.25) is 0 Å². The Balaban J connectivity index is 1.49. The fraction of sp³-hybridized carbons (Fsp3) is 0.174. The molecule has 0 fully saturated rings. The van der Waals surface area contributed by atoms with Crippen LogP contribution in [0, 0.1) is 13.8 Å². The van der Waals surface area contributed by atoms with Crippen LogP contribution in [0.25, 0.3) is 10.2 Å². The van der Waals surface area contributed by atoms with Gasteiger partial charge in [0.25, 0.3) is 0 Å². The molecular weight excluding hydrogens is 364 g/mol. The number of azo groups is 1. The number of aromatic nitrogens is 1. The van der Waals surface area contributed by atoms with Crippen LogP contribution in [0.2, 0.25) is 0 Å². The third kappa shape index (κ3) is 4.10. The first-order valence-corrected chi connectivity index (χ1v) is 10.0. The van der Waals surface area contributed by atoms with E-state index in [4.69, 9.17) is 0 Å². The lowest BCUT2D eigenvalue weighted by atomic mass is 10.1. The van der Waals surface area contributed by atoms with Crippen LogP contribution >= 0.6 is 11.3 Å². The fourth-order valence-corrected chi connectivity index (χ4v) is 3.83. The van der Waals surface area contributed by atoms with Crippen LogP contribution < -0.4 is 4.90 Å². The van der Waals surface area contributed by atoms with E-state index in [0.717, 1.165) is 33.7 Å². The molecule has 5 heteroatoms. The topological polar surface area (TPSA) is 40.9 Å². The van der Waals surface area contributed by atoms with Gasteiger partial charge in [-0.2, -0.15) is 0 Å². The molecule has 0 bridgehead atoms. The number of aryl methyl sites for hydroxylation is 2. The van der Waals surface area contributed by atoms with Crippen LogP contribution in [-0.4, -0.2) is 12.0 Å². The largest absolute Gasteiger partial charge is 0.370 e. The van der Waals surface area contributed by atoms with E-state index in [9.17, 15) is 0 Å². The molecule has 0 aliphatic heterocycles. The predicted octanol–water partition coefficient (Wildman–Crippen LogP) is 6.96. The van der Waals surface area contributed by atoms with Crippen molar-refractivity contribution >= 4 is 38.1 Å². The van der Waals surface area contributed by atoms with Crippen LogP contribution in [0.5, 0.6) is 0 Å². The molecule has 0 N–H and O–H groups in total. The molecule has 3 aromatic carbocycles. The van der Waals surface area contributed by atoms with Gasteiger partial charge in [0.2, 0.25) is 5.13 Å². The first kappa shape index (κ1) is 18.3. The standard InChI is InChI=1S/C23H22N4S/c1-16-8-10-18(11-9-16)15-27(3)19-12-13-20(17(2)14-19)25-26-23-24-21-6-4-5-7-22(21)28-23/h4-14H,15H2,1-3H3. The molecule has 0 radical (unpaired) electrons. The van der Waals surface area contributed by atoms with Crippen molar-refractivity contribution in [3.63, 3.8) is 0 Å². The van der Waals surface area contributed by atoms with Crippen molar-refractivity contribution in [2.24, 2.45) is 10.2 Å². The van der Waals surface area contributed by atoms with Crippen LogP contribution in [-0.2, 0) is 6.54 Å². The molecule has 140 valence electrons. The van der Waals surface area contributed by atoms with Gasteiger partial charge in [0.15, 0.2) is 0 Å². The molecule has 0 aliphatic carbocycles. The highest BCUT2D eigenvalue weighted by atomic mass is 32.1. The van der Waals surface area contributed by atoms with E-state index in [-0.39, 0.29) is 0 Å². The molecule has 28 heavy (non-hydrogen) atoms. The molecule has 4 rings (SSSR count). The summed E-state index contributed by atoms with van der Waals surface area (Å²) in [4.78, 5) is 6.75. The second kappa shape index (κ2) is 7.90. The zero-order chi connectivity index (χ0) is 19.5. The summed E-state index contributed by atoms with van der Waals surface area (Å²) in [5.74, 6) is 0. The van der Waals surface area contributed by atoms with Gasteiger partial charge in [-0.15, -0.1) is 10.2 Å². The Bertz CT molecular complexity index is 1100. The molecule has 0 saturated carbocycles. The maximum absolute atomic E-state index is 4.51. The molecule has 0 spiro atoms. The molecule has 0 unspecified atom stereocenters. The minimum absolute atomic E-state index is 0.682. The quantitative estimate of drug-likeness (QED) is 0.348. The van der Waals surface area contributed by atoms with Crippen molar-refractivity contribution in [3.8, 4) is 0 Å². The number of hydrogen-bond acceptors (Lipinski definition) is 5. The Labute approximate surface area is 169 Å². The van der Waals surface area contributed by atoms with Crippen LogP contribution in [0.15, 0.2) is 77.0 Å². The van der Waals surface area contributed by atoms with E-state index in [1.807, 2.05) is 24.3 Å². The fourth-order valence-electron chi connectivity index (χ4n) is 3.05. The summed E-state index contributed by atoms with van der Waals surface area (Å²) in [5.41, 5.74) is 6.67. The predicted molar refractivity (Wildman–Crippen MR) is 118 cm³/mol. The maximum Gasteiger partial charge on any atom is 0.231 e. The van der Waals surface area contributed by atoms with Gasteiger partial charge in [0.05, 0.1) is 15.9 Å². The highest BCUT2D eigenvalue weighted by Crippen LogP contribution is 2.31. The number of rotatable bonds is 5. The first-order chi connectivity index (χ1) is 13.6. The minimum Gasteiger partial charge on any atom is -0.370 e. The number of thiazole rings is 1. The number of fused-ring (bicyclic) bond motifs is 1. The smallest absolute Gasteiger partial charge is 0.231 e. The molecular formula is C23H22N4S. The van der Waals surface area contributed by atoms with Crippen molar-refractivity contribution in [1.29, 1.82) is 0 Å². The van der Waals surface area contributed by atoms with Crippen molar-refractivity contribution in [2.75, 3.05) is 11.9 Å². The summed E-state index contributed by atoms with van der Waals surface area (Å²) in [6.07, 6.45) is 0. The minimum atomic E-state index is 0.682. The number of nitrogens with zero attached hydrogens (tertiary/aromatic N) is 4. The lowest BCUT2D eigenvalue weighted by Gasteiger charge is -2.20. The van der Waals surface area contributed by atoms with Gasteiger partial charge in [-0.1, -0.05) is 53.3 Å². The summed E-state index contributed by atoms with van der Waals surface area (Å²) in [7, 11) is 2.11. The highest BCUT2D eigenvalue weighted by molar-refractivity contribution is 7.21. The van der Waals surface area contributed by atoms with E-state index < -0.39 is 0 Å². The molecule has 0 aliphatic rings. The lowest BCUT2D eigenvalue weighted by molar-refractivity contribution is 0.921. The van der Waals surface area contributed by atoms with Crippen molar-refractivity contribution in [3.05, 3.63) is 83.4 Å². The van der Waals surface area contributed by atoms with E-state index in [1.54, 1.807) is 11.3 Å². The van der Waals surface area contributed by atoms with Gasteiger partial charge in [0, 0.05) is 19.3 Å². The van der Waals surface area contributed by atoms with Gasteiger partial charge in [0.1, 0.15) is 0 Å². The normalized spacial score (nSPS) is 11.4. The molecule has 0 amide bonds. The summed E-state index contributed by atoms with van der Waals surface area (Å²) < 4.78 is 1.13. The molecule has 0 saturated heterocycles. The monoisotopic (exact) mass is 386 g/mol. The Kier molecular flexibility index (Phi) is 5.17. The Morgan fingerprint density at radius 1 is 0.929 bits per heavy atom. The number of benzene rings is 3. The number of anilines is 1. The second-order valence-corrected chi connectivity index (χ2v) is 7.99. The van der Waals surface area contributed by atoms with Crippen LogP contribution in [0.3, 0.4) is 0 Å². The van der Waals surface area contributed by atoms with Crippen molar-refractivity contribution in [2.45, 2.75) is 20.4 Å². The second-order valence-electron chi connectivity index (χ2n) is 6.98. The van der Waals surface area contributed by atoms with Gasteiger partial charge >= 0.3 is 0 Å². The van der Waals surface area contributed by atoms with E-state index >= 15 is 0 Å². The maximum atomic E-state index is 4.51. The van der Waals surface area contributed by atoms with Gasteiger partial charge in [-0.25, -0.2) is 4.98 Å². The van der Waals surface area contributed by atoms with E-state index in [1.165, 1.54) is 11.1 Å². The molecule has 0 atom stereocenters. The SMILES string of the molecule is Cc1ccc(CN(C)c2ccc(N=Nc3nc4ccccc4s3)c(C)c2)cc1. The van der Waals surface area contributed by atoms with Gasteiger partial charge < -0.3 is 4.90 Å². The Morgan fingerprint density at radius 3 is 2.46 bits per heavy atom. The van der Waals surface area contributed by atoms with E-state index in [0.29, 0.717) is 5.13 Å². The molecule has 4 aromatic rings. The van der Waals surface area contributed by atoms with Crippen molar-refractivity contribution in [1.82, 2.24) is 4.98 Å². The molecule has 4 nitrogen and oxygen atoms in total. The number of para-hydroxylation sites is 1. The number of hydrogen-bond donors (Lipinski definition) is 0. The third-order valence-corrected chi connectivity index (χ3v) is 5.61. The summed E-state index contributed by atoms with van der Waals surface area (Å²) in [6, 6.07) is 23.0. The molecule has 1 aromatic heterocycles. The van der Waals surface area contributed by atoms with Crippen LogP contribution in [0.1, 0.15) is 16.7 Å². The average Bonchev–Trinajstić information content (AvgIpc) is 3.11. The average molecular weight is 387 g/mol. The third-order valence-electron chi connectivity index (χ3n) is 4.69. The van der Waals surface area contributed by atoms with Gasteiger partial charge in [-0.05, 0) is 55.3 Å². The summed E-state index contributed by atoms with van der Waals surface area (Å²) in [6.45, 7) is 5.04. The van der Waals surface area contributed by atoms with Crippen molar-refractivity contribution < 1.29 is 0 Å². The Hall–Kier alpha value is -3.05. The highest BCUT2D eigenvalue weighted by Gasteiger charge is 2.06. The lowest BCUT2D eigenvalue weighted by Crippen LogP contribution is -2.16. The summed E-state index contributed by atoms with van der Waals surface area (Å²) in [5, 5.41) is 9.45. The zero-order valence-electron chi connectivity index (χ0n) is 16.3.